The maximum absolute atomic E-state index is 13.3. The molecule has 4 heteroatoms. The minimum Gasteiger partial charge on any atom is -0.467 e. The Hall–Kier alpha value is -2.07. The zero-order chi connectivity index (χ0) is 17.2. The van der Waals surface area contributed by atoms with Crippen LogP contribution in [0.5, 0.6) is 0 Å². The van der Waals surface area contributed by atoms with E-state index in [1.54, 1.807) is 6.26 Å². The van der Waals surface area contributed by atoms with E-state index in [0.29, 0.717) is 24.4 Å². The summed E-state index contributed by atoms with van der Waals surface area (Å²) in [6.07, 6.45) is 4.76. The molecule has 4 nitrogen and oxygen atoms in total. The molecule has 2 atom stereocenters. The van der Waals surface area contributed by atoms with Gasteiger partial charge in [-0.2, -0.15) is 0 Å². The smallest absolute Gasteiger partial charge is 0.226 e. The number of hydrogen-bond acceptors (Lipinski definition) is 3. The van der Waals surface area contributed by atoms with Crippen molar-refractivity contribution in [2.45, 2.75) is 37.8 Å². The Bertz CT molecular complexity index is 690. The highest BCUT2D eigenvalue weighted by Gasteiger charge is 2.47. The van der Waals surface area contributed by atoms with Gasteiger partial charge in [0.25, 0.3) is 0 Å². The highest BCUT2D eigenvalue weighted by molar-refractivity contribution is 5.83. The molecular formula is C21H26N2O2. The van der Waals surface area contributed by atoms with Crippen LogP contribution in [0, 0.1) is 5.92 Å². The Labute approximate surface area is 149 Å². The summed E-state index contributed by atoms with van der Waals surface area (Å²) in [6.45, 7) is 2.71. The Kier molecular flexibility index (Phi) is 4.62. The number of rotatable bonds is 5. The zero-order valence-electron chi connectivity index (χ0n) is 14.8. The van der Waals surface area contributed by atoms with E-state index >= 15 is 0 Å². The third-order valence-electron chi connectivity index (χ3n) is 5.65. The molecule has 25 heavy (non-hydrogen) atoms. The third kappa shape index (κ3) is 3.64. The standard InChI is InChI=1S/C21H26N2O2/c1-22-11-9-17(10-12-22)23(15-18-8-5-13-25-18)21(24)20-14-19(20)16-6-3-2-4-7-16/h2-8,13,17,19-20H,9-12,14-15H2,1H3/t19-,20-/m0/s1. The zero-order valence-corrected chi connectivity index (χ0v) is 14.8. The first-order chi connectivity index (χ1) is 12.2. The minimum atomic E-state index is 0.136. The third-order valence-corrected chi connectivity index (χ3v) is 5.65. The van der Waals surface area contributed by atoms with E-state index < -0.39 is 0 Å². The summed E-state index contributed by atoms with van der Waals surface area (Å²) in [4.78, 5) is 17.7. The number of hydrogen-bond donors (Lipinski definition) is 0. The molecule has 0 N–H and O–H groups in total. The van der Waals surface area contributed by atoms with Gasteiger partial charge in [0.15, 0.2) is 0 Å². The van der Waals surface area contributed by atoms with Crippen LogP contribution in [0.15, 0.2) is 53.1 Å². The lowest BCUT2D eigenvalue weighted by atomic mass is 10.0. The van der Waals surface area contributed by atoms with Crippen molar-refractivity contribution in [3.8, 4) is 0 Å². The molecule has 1 aromatic carbocycles. The number of furan rings is 1. The predicted octanol–water partition coefficient (Wildman–Crippen LogP) is 3.51. The SMILES string of the molecule is CN1CCC(N(Cc2ccco2)C(=O)[C@H]2C[C@H]2c2ccccc2)CC1. The van der Waals surface area contributed by atoms with Crippen molar-refractivity contribution in [2.24, 2.45) is 5.92 Å². The molecule has 4 rings (SSSR count). The second-order valence-electron chi connectivity index (χ2n) is 7.44. The summed E-state index contributed by atoms with van der Waals surface area (Å²) in [5.41, 5.74) is 1.29. The van der Waals surface area contributed by atoms with Crippen LogP contribution in [-0.2, 0) is 11.3 Å². The molecule has 2 heterocycles. The fourth-order valence-electron chi connectivity index (χ4n) is 4.01. The van der Waals surface area contributed by atoms with Gasteiger partial charge in [-0.15, -0.1) is 0 Å². The fraction of sp³-hybridized carbons (Fsp3) is 0.476. The quantitative estimate of drug-likeness (QED) is 0.837. The minimum absolute atomic E-state index is 0.136. The van der Waals surface area contributed by atoms with E-state index in [2.05, 4.69) is 41.1 Å². The van der Waals surface area contributed by atoms with Crippen molar-refractivity contribution < 1.29 is 9.21 Å². The second-order valence-corrected chi connectivity index (χ2v) is 7.44. The van der Waals surface area contributed by atoms with E-state index in [9.17, 15) is 4.79 Å². The highest BCUT2D eigenvalue weighted by Crippen LogP contribution is 2.49. The Morgan fingerprint density at radius 3 is 2.60 bits per heavy atom. The van der Waals surface area contributed by atoms with Crippen LogP contribution in [0.2, 0.25) is 0 Å². The van der Waals surface area contributed by atoms with Crippen molar-refractivity contribution in [3.63, 3.8) is 0 Å². The molecule has 1 aliphatic heterocycles. The summed E-state index contributed by atoms with van der Waals surface area (Å²) >= 11 is 0. The van der Waals surface area contributed by atoms with E-state index in [-0.39, 0.29) is 5.92 Å². The number of amides is 1. The maximum Gasteiger partial charge on any atom is 0.226 e. The van der Waals surface area contributed by atoms with Gasteiger partial charge >= 0.3 is 0 Å². The van der Waals surface area contributed by atoms with Gasteiger partial charge in [-0.25, -0.2) is 0 Å². The van der Waals surface area contributed by atoms with Crippen molar-refractivity contribution in [2.75, 3.05) is 20.1 Å². The first kappa shape index (κ1) is 16.4. The van der Waals surface area contributed by atoms with Gasteiger partial charge in [0, 0.05) is 12.0 Å². The highest BCUT2D eigenvalue weighted by atomic mass is 16.3. The van der Waals surface area contributed by atoms with Gasteiger partial charge in [-0.1, -0.05) is 30.3 Å². The van der Waals surface area contributed by atoms with E-state index in [1.165, 1.54) is 5.56 Å². The van der Waals surface area contributed by atoms with E-state index in [0.717, 1.165) is 38.1 Å². The van der Waals surface area contributed by atoms with Crippen molar-refractivity contribution >= 4 is 5.91 Å². The van der Waals surface area contributed by atoms with Gasteiger partial charge in [0.2, 0.25) is 5.91 Å². The first-order valence-electron chi connectivity index (χ1n) is 9.28. The second kappa shape index (κ2) is 7.04. The maximum atomic E-state index is 13.3. The number of carbonyl (C=O) groups excluding carboxylic acids is 1. The lowest BCUT2D eigenvalue weighted by Crippen LogP contribution is -2.46. The molecule has 2 aliphatic rings. The molecule has 0 unspecified atom stereocenters. The molecule has 1 saturated heterocycles. The molecule has 132 valence electrons. The molecule has 0 spiro atoms. The molecule has 0 radical (unpaired) electrons. The molecule has 2 fully saturated rings. The predicted molar refractivity (Wildman–Crippen MR) is 97.1 cm³/mol. The number of benzene rings is 1. The molecular weight excluding hydrogens is 312 g/mol. The molecule has 1 saturated carbocycles. The Morgan fingerprint density at radius 1 is 1.16 bits per heavy atom. The Balaban J connectivity index is 1.48. The van der Waals surface area contributed by atoms with Crippen molar-refractivity contribution in [3.05, 3.63) is 60.1 Å². The first-order valence-corrected chi connectivity index (χ1v) is 9.28. The number of piperidine rings is 1. The fourth-order valence-corrected chi connectivity index (χ4v) is 4.01. The van der Waals surface area contributed by atoms with Gasteiger partial charge in [-0.3, -0.25) is 4.79 Å². The normalized spacial score (nSPS) is 24.2. The largest absolute Gasteiger partial charge is 0.467 e. The number of carbonyl (C=O) groups is 1. The summed E-state index contributed by atoms with van der Waals surface area (Å²) in [5, 5.41) is 0. The average molecular weight is 338 g/mol. The van der Waals surface area contributed by atoms with Gasteiger partial charge in [0.1, 0.15) is 5.76 Å². The molecule has 1 aliphatic carbocycles. The topological polar surface area (TPSA) is 36.7 Å². The number of nitrogens with zero attached hydrogens (tertiary/aromatic N) is 2. The van der Waals surface area contributed by atoms with Crippen LogP contribution in [0.3, 0.4) is 0 Å². The van der Waals surface area contributed by atoms with Crippen LogP contribution in [0.1, 0.15) is 36.5 Å². The average Bonchev–Trinajstić information content (AvgIpc) is 3.29. The monoisotopic (exact) mass is 338 g/mol. The summed E-state index contributed by atoms with van der Waals surface area (Å²) < 4.78 is 5.53. The molecule has 1 aromatic heterocycles. The van der Waals surface area contributed by atoms with Crippen LogP contribution < -0.4 is 0 Å². The molecule has 0 bridgehead atoms. The van der Waals surface area contributed by atoms with Crippen LogP contribution in [0.4, 0.5) is 0 Å². The summed E-state index contributed by atoms with van der Waals surface area (Å²) in [7, 11) is 2.15. The molecule has 2 aromatic rings. The van der Waals surface area contributed by atoms with Crippen LogP contribution >= 0.6 is 0 Å². The van der Waals surface area contributed by atoms with E-state index in [1.807, 2.05) is 18.2 Å². The van der Waals surface area contributed by atoms with Crippen LogP contribution in [0.25, 0.3) is 0 Å². The lowest BCUT2D eigenvalue weighted by Gasteiger charge is -2.37. The van der Waals surface area contributed by atoms with Gasteiger partial charge in [0.05, 0.1) is 12.8 Å². The summed E-state index contributed by atoms with van der Waals surface area (Å²) in [5.74, 6) is 1.71. The lowest BCUT2D eigenvalue weighted by molar-refractivity contribution is -0.137. The summed E-state index contributed by atoms with van der Waals surface area (Å²) in [6, 6.07) is 14.6. The van der Waals surface area contributed by atoms with Gasteiger partial charge in [-0.05, 0) is 63.0 Å². The molecule has 1 amide bonds. The van der Waals surface area contributed by atoms with Crippen LogP contribution in [-0.4, -0.2) is 41.9 Å². The van der Waals surface area contributed by atoms with Crippen molar-refractivity contribution in [1.29, 1.82) is 0 Å². The number of likely N-dealkylation sites (tertiary alicyclic amines) is 1. The Morgan fingerprint density at radius 2 is 1.92 bits per heavy atom. The van der Waals surface area contributed by atoms with Crippen molar-refractivity contribution in [1.82, 2.24) is 9.80 Å². The van der Waals surface area contributed by atoms with Gasteiger partial charge < -0.3 is 14.2 Å². The van der Waals surface area contributed by atoms with E-state index in [4.69, 9.17) is 4.42 Å².